The summed E-state index contributed by atoms with van der Waals surface area (Å²) in [5.41, 5.74) is 0. The van der Waals surface area contributed by atoms with E-state index in [1.807, 2.05) is 11.9 Å². The van der Waals surface area contributed by atoms with Crippen LogP contribution in [0.15, 0.2) is 30.3 Å². The van der Waals surface area contributed by atoms with Crippen LogP contribution in [0.4, 0.5) is 0 Å². The fraction of sp³-hybridized carbons (Fsp3) is 0.389. The number of benzene rings is 1. The number of nitrogens with one attached hydrogen (secondary N) is 1. The number of carbonyl (C=O) groups is 1. The Morgan fingerprint density at radius 1 is 1.22 bits per heavy atom. The third kappa shape index (κ3) is 2.77. The van der Waals surface area contributed by atoms with Crippen molar-refractivity contribution >= 4 is 48.1 Å². The Bertz CT molecular complexity index is 843. The molecule has 1 aliphatic rings. The van der Waals surface area contributed by atoms with Crippen LogP contribution < -0.4 is 5.32 Å². The van der Waals surface area contributed by atoms with E-state index in [2.05, 4.69) is 35.6 Å². The molecule has 0 saturated carbocycles. The molecule has 1 amide bonds. The third-order valence-corrected chi connectivity index (χ3v) is 7.06. The molecule has 1 saturated heterocycles. The van der Waals surface area contributed by atoms with Crippen molar-refractivity contribution in [1.29, 1.82) is 0 Å². The molecule has 5 heteroatoms. The molecule has 3 nitrogen and oxygen atoms in total. The molecule has 120 valence electrons. The maximum atomic E-state index is 12.8. The molecule has 1 fully saturated rings. The lowest BCUT2D eigenvalue weighted by Gasteiger charge is -2.31. The standard InChI is InChI=1S/C18H20N2OS2/c1-19-11-12-6-8-20(9-7-12)18(21)16-10-15-17(23-16)13-4-2-3-5-14(13)22-15/h2-5,10,12,19H,6-9,11H2,1H3. The molecule has 3 heterocycles. The first kappa shape index (κ1) is 15.1. The summed E-state index contributed by atoms with van der Waals surface area (Å²) >= 11 is 3.44. The van der Waals surface area contributed by atoms with Crippen LogP contribution in [0.25, 0.3) is 19.5 Å². The van der Waals surface area contributed by atoms with Crippen molar-refractivity contribution in [3.63, 3.8) is 0 Å². The molecule has 23 heavy (non-hydrogen) atoms. The van der Waals surface area contributed by atoms with Gasteiger partial charge in [0.1, 0.15) is 0 Å². The minimum atomic E-state index is 0.213. The van der Waals surface area contributed by atoms with E-state index in [-0.39, 0.29) is 5.91 Å². The van der Waals surface area contributed by atoms with Crippen molar-refractivity contribution in [2.24, 2.45) is 5.92 Å². The molecule has 0 atom stereocenters. The fourth-order valence-electron chi connectivity index (χ4n) is 3.39. The predicted octanol–water partition coefficient (Wildman–Crippen LogP) is 4.19. The van der Waals surface area contributed by atoms with Crippen molar-refractivity contribution in [1.82, 2.24) is 10.2 Å². The summed E-state index contributed by atoms with van der Waals surface area (Å²) in [5, 5.41) is 4.53. The van der Waals surface area contributed by atoms with Gasteiger partial charge < -0.3 is 10.2 Å². The highest BCUT2D eigenvalue weighted by molar-refractivity contribution is 7.33. The number of amides is 1. The summed E-state index contributed by atoms with van der Waals surface area (Å²) in [4.78, 5) is 15.7. The van der Waals surface area contributed by atoms with E-state index in [1.54, 1.807) is 22.7 Å². The maximum absolute atomic E-state index is 12.8. The van der Waals surface area contributed by atoms with Gasteiger partial charge >= 0.3 is 0 Å². The lowest BCUT2D eigenvalue weighted by molar-refractivity contribution is 0.0696. The van der Waals surface area contributed by atoms with E-state index in [1.165, 1.54) is 19.5 Å². The van der Waals surface area contributed by atoms with Crippen LogP contribution in [-0.4, -0.2) is 37.5 Å². The molecule has 1 aliphatic heterocycles. The second kappa shape index (κ2) is 6.23. The minimum Gasteiger partial charge on any atom is -0.338 e. The van der Waals surface area contributed by atoms with Gasteiger partial charge in [-0.1, -0.05) is 18.2 Å². The van der Waals surface area contributed by atoms with E-state index in [0.29, 0.717) is 5.92 Å². The lowest BCUT2D eigenvalue weighted by Crippen LogP contribution is -2.40. The highest BCUT2D eigenvalue weighted by atomic mass is 32.1. The highest BCUT2D eigenvalue weighted by Crippen LogP contribution is 2.39. The summed E-state index contributed by atoms with van der Waals surface area (Å²) in [5.74, 6) is 0.921. The zero-order valence-corrected chi connectivity index (χ0v) is 14.8. The summed E-state index contributed by atoms with van der Waals surface area (Å²) in [6.07, 6.45) is 2.21. The van der Waals surface area contributed by atoms with Crippen molar-refractivity contribution in [3.8, 4) is 0 Å². The molecule has 3 aromatic rings. The first-order valence-corrected chi connectivity index (χ1v) is 9.74. The Balaban J connectivity index is 1.56. The van der Waals surface area contributed by atoms with Crippen LogP contribution in [-0.2, 0) is 0 Å². The largest absolute Gasteiger partial charge is 0.338 e. The number of rotatable bonds is 3. The van der Waals surface area contributed by atoms with E-state index in [9.17, 15) is 4.79 Å². The van der Waals surface area contributed by atoms with Gasteiger partial charge in [0.15, 0.2) is 0 Å². The van der Waals surface area contributed by atoms with Gasteiger partial charge in [0, 0.05) is 27.9 Å². The first-order chi connectivity index (χ1) is 11.3. The molecule has 0 aliphatic carbocycles. The Kier molecular flexibility index (Phi) is 4.09. The van der Waals surface area contributed by atoms with Crippen LogP contribution in [0.2, 0.25) is 0 Å². The first-order valence-electron chi connectivity index (χ1n) is 8.11. The lowest BCUT2D eigenvalue weighted by atomic mass is 9.97. The van der Waals surface area contributed by atoms with E-state index >= 15 is 0 Å². The molecule has 4 rings (SSSR count). The molecule has 0 unspecified atom stereocenters. The van der Waals surface area contributed by atoms with Gasteiger partial charge in [-0.3, -0.25) is 4.79 Å². The van der Waals surface area contributed by atoms with Crippen molar-refractivity contribution < 1.29 is 4.79 Å². The van der Waals surface area contributed by atoms with Crippen LogP contribution in [0.1, 0.15) is 22.5 Å². The van der Waals surface area contributed by atoms with Gasteiger partial charge in [-0.2, -0.15) is 0 Å². The van der Waals surface area contributed by atoms with Gasteiger partial charge in [0.05, 0.1) is 9.58 Å². The molecule has 0 bridgehead atoms. The van der Waals surface area contributed by atoms with E-state index in [4.69, 9.17) is 0 Å². The summed E-state index contributed by atoms with van der Waals surface area (Å²) < 4.78 is 3.81. The van der Waals surface area contributed by atoms with Crippen molar-refractivity contribution in [2.45, 2.75) is 12.8 Å². The zero-order chi connectivity index (χ0) is 15.8. The van der Waals surface area contributed by atoms with Gasteiger partial charge in [-0.25, -0.2) is 0 Å². The van der Waals surface area contributed by atoms with Gasteiger partial charge in [0.25, 0.3) is 5.91 Å². The molecule has 0 spiro atoms. The maximum Gasteiger partial charge on any atom is 0.263 e. The highest BCUT2D eigenvalue weighted by Gasteiger charge is 2.25. The average molecular weight is 345 g/mol. The fourth-order valence-corrected chi connectivity index (χ4v) is 5.88. The Morgan fingerprint density at radius 2 is 2.00 bits per heavy atom. The van der Waals surface area contributed by atoms with Crippen LogP contribution >= 0.6 is 22.7 Å². The molecule has 1 N–H and O–H groups in total. The number of thiophene rings is 2. The van der Waals surface area contributed by atoms with Crippen LogP contribution in [0, 0.1) is 5.92 Å². The normalized spacial score (nSPS) is 16.5. The molecular weight excluding hydrogens is 324 g/mol. The van der Waals surface area contributed by atoms with Gasteiger partial charge in [0.2, 0.25) is 0 Å². The Hall–Kier alpha value is -1.43. The zero-order valence-electron chi connectivity index (χ0n) is 13.2. The number of carbonyl (C=O) groups excluding carboxylic acids is 1. The molecule has 0 radical (unpaired) electrons. The quantitative estimate of drug-likeness (QED) is 0.773. The number of fused-ring (bicyclic) bond motifs is 3. The Morgan fingerprint density at radius 3 is 2.78 bits per heavy atom. The SMILES string of the molecule is CNCC1CCN(C(=O)c2cc3sc4ccccc4c3s2)CC1. The average Bonchev–Trinajstić information content (AvgIpc) is 3.13. The van der Waals surface area contributed by atoms with Crippen LogP contribution in [0.5, 0.6) is 0 Å². The second-order valence-corrected chi connectivity index (χ2v) is 8.33. The number of hydrogen-bond donors (Lipinski definition) is 1. The number of nitrogens with zero attached hydrogens (tertiary/aromatic N) is 1. The predicted molar refractivity (Wildman–Crippen MR) is 99.8 cm³/mol. The molecule has 2 aromatic heterocycles. The number of piperidine rings is 1. The smallest absolute Gasteiger partial charge is 0.263 e. The molecule has 1 aromatic carbocycles. The topological polar surface area (TPSA) is 32.3 Å². The second-order valence-electron chi connectivity index (χ2n) is 6.20. The van der Waals surface area contributed by atoms with Gasteiger partial charge in [-0.05, 0) is 44.5 Å². The number of likely N-dealkylation sites (tertiary alicyclic amines) is 1. The molecular formula is C18H20N2OS2. The summed E-state index contributed by atoms with van der Waals surface area (Å²) in [7, 11) is 2.00. The third-order valence-electron chi connectivity index (χ3n) is 4.65. The minimum absolute atomic E-state index is 0.213. The van der Waals surface area contributed by atoms with Crippen molar-refractivity contribution in [2.75, 3.05) is 26.7 Å². The summed E-state index contributed by atoms with van der Waals surface area (Å²) in [6.45, 7) is 2.83. The van der Waals surface area contributed by atoms with Crippen molar-refractivity contribution in [3.05, 3.63) is 35.2 Å². The summed E-state index contributed by atoms with van der Waals surface area (Å²) in [6, 6.07) is 10.5. The Labute approximate surface area is 143 Å². The number of hydrogen-bond acceptors (Lipinski definition) is 4. The monoisotopic (exact) mass is 344 g/mol. The van der Waals surface area contributed by atoms with Crippen LogP contribution in [0.3, 0.4) is 0 Å². The van der Waals surface area contributed by atoms with Gasteiger partial charge in [-0.15, -0.1) is 22.7 Å². The van der Waals surface area contributed by atoms with E-state index < -0.39 is 0 Å². The van der Waals surface area contributed by atoms with E-state index in [0.717, 1.165) is 37.4 Å².